The number of anilines is 2. The summed E-state index contributed by atoms with van der Waals surface area (Å²) < 4.78 is 29.9. The first-order valence-electron chi connectivity index (χ1n) is 7.52. The number of nitrogens with one attached hydrogen (secondary N) is 1. The highest BCUT2D eigenvalue weighted by atomic mass is 32.2. The van der Waals surface area contributed by atoms with Crippen LogP contribution in [0.3, 0.4) is 0 Å². The van der Waals surface area contributed by atoms with Gasteiger partial charge in [-0.2, -0.15) is 0 Å². The van der Waals surface area contributed by atoms with E-state index in [2.05, 4.69) is 5.32 Å². The number of ether oxygens (including phenoxy) is 1. The summed E-state index contributed by atoms with van der Waals surface area (Å²) in [5.74, 6) is -0.531. The minimum atomic E-state index is -3.66. The van der Waals surface area contributed by atoms with Gasteiger partial charge in [0.2, 0.25) is 15.9 Å². The zero-order chi connectivity index (χ0) is 18.0. The van der Waals surface area contributed by atoms with Gasteiger partial charge in [0, 0.05) is 23.7 Å². The van der Waals surface area contributed by atoms with Crippen LogP contribution in [0.2, 0.25) is 0 Å². The van der Waals surface area contributed by atoms with Crippen LogP contribution in [0.25, 0.3) is 0 Å². The molecule has 0 saturated carbocycles. The lowest BCUT2D eigenvalue weighted by Gasteiger charge is -2.15. The van der Waals surface area contributed by atoms with Gasteiger partial charge in [0.1, 0.15) is 5.75 Å². The average molecular weight is 360 g/mol. The quantitative estimate of drug-likeness (QED) is 0.900. The number of carbonyl (C=O) groups excluding carboxylic acids is 2. The Morgan fingerprint density at radius 3 is 2.60 bits per heavy atom. The lowest BCUT2D eigenvalue weighted by atomic mass is 10.1. The Morgan fingerprint density at radius 2 is 1.92 bits per heavy atom. The van der Waals surface area contributed by atoms with Gasteiger partial charge in [-0.1, -0.05) is 12.1 Å². The molecule has 0 spiro atoms. The van der Waals surface area contributed by atoms with Gasteiger partial charge in [0.05, 0.1) is 18.6 Å². The first-order chi connectivity index (χ1) is 11.9. The summed E-state index contributed by atoms with van der Waals surface area (Å²) in [4.78, 5) is 24.3. The lowest BCUT2D eigenvalue weighted by Crippen LogP contribution is -2.29. The number of hydrogen-bond donors (Lipinski definition) is 1. The Labute approximate surface area is 145 Å². The van der Waals surface area contributed by atoms with Crippen molar-refractivity contribution < 1.29 is 22.7 Å². The van der Waals surface area contributed by atoms with Crippen LogP contribution in [-0.2, 0) is 14.8 Å². The zero-order valence-corrected chi connectivity index (χ0v) is 14.2. The first-order valence-corrected chi connectivity index (χ1v) is 9.13. The van der Waals surface area contributed by atoms with Crippen LogP contribution in [0.1, 0.15) is 16.8 Å². The van der Waals surface area contributed by atoms with E-state index in [1.807, 2.05) is 0 Å². The van der Waals surface area contributed by atoms with Gasteiger partial charge in [-0.25, -0.2) is 12.7 Å². The molecule has 0 bridgehead atoms. The fourth-order valence-electron chi connectivity index (χ4n) is 2.55. The number of rotatable bonds is 4. The van der Waals surface area contributed by atoms with Crippen LogP contribution in [-0.4, -0.2) is 33.1 Å². The summed E-state index contributed by atoms with van der Waals surface area (Å²) in [6.07, 6.45) is -0.0530. The van der Waals surface area contributed by atoms with Crippen LogP contribution in [0, 0.1) is 0 Å². The van der Waals surface area contributed by atoms with Crippen molar-refractivity contribution in [3.05, 3.63) is 54.1 Å². The minimum absolute atomic E-state index is 0.0530. The monoisotopic (exact) mass is 360 g/mol. The number of nitrogens with zero attached hydrogens (tertiary/aromatic N) is 1. The SMILES string of the molecule is COc1cccc(NC(=O)c2cccc(N3C(=O)CCS3(=O)=O)c2)c1. The molecule has 8 heteroatoms. The third-order valence-corrected chi connectivity index (χ3v) is 5.44. The summed E-state index contributed by atoms with van der Waals surface area (Å²) in [5, 5.41) is 2.71. The summed E-state index contributed by atoms with van der Waals surface area (Å²) in [5.41, 5.74) is 0.954. The minimum Gasteiger partial charge on any atom is -0.497 e. The smallest absolute Gasteiger partial charge is 0.255 e. The number of methoxy groups -OCH3 is 1. The van der Waals surface area contributed by atoms with Crippen molar-refractivity contribution in [3.8, 4) is 5.75 Å². The van der Waals surface area contributed by atoms with Gasteiger partial charge >= 0.3 is 0 Å². The third-order valence-electron chi connectivity index (χ3n) is 3.75. The molecule has 7 nitrogen and oxygen atoms in total. The maximum absolute atomic E-state index is 12.4. The first kappa shape index (κ1) is 17.0. The number of hydrogen-bond acceptors (Lipinski definition) is 5. The van der Waals surface area contributed by atoms with Crippen molar-refractivity contribution in [2.75, 3.05) is 22.5 Å². The fourth-order valence-corrected chi connectivity index (χ4v) is 4.00. The maximum atomic E-state index is 12.4. The second-order valence-corrected chi connectivity index (χ2v) is 7.40. The van der Waals surface area contributed by atoms with E-state index in [1.54, 1.807) is 30.3 Å². The molecule has 1 N–H and O–H groups in total. The van der Waals surface area contributed by atoms with Gasteiger partial charge in [0.15, 0.2) is 0 Å². The highest BCUT2D eigenvalue weighted by Crippen LogP contribution is 2.26. The zero-order valence-electron chi connectivity index (χ0n) is 13.4. The van der Waals surface area contributed by atoms with Crippen molar-refractivity contribution in [1.29, 1.82) is 0 Å². The van der Waals surface area contributed by atoms with Gasteiger partial charge < -0.3 is 10.1 Å². The summed E-state index contributed by atoms with van der Waals surface area (Å²) in [6.45, 7) is 0. The molecule has 1 aliphatic heterocycles. The van der Waals surface area contributed by atoms with E-state index in [0.717, 1.165) is 4.31 Å². The summed E-state index contributed by atoms with van der Waals surface area (Å²) in [6, 6.07) is 12.8. The molecular weight excluding hydrogens is 344 g/mol. The fraction of sp³-hybridized carbons (Fsp3) is 0.176. The molecule has 1 saturated heterocycles. The third kappa shape index (κ3) is 3.48. The van der Waals surface area contributed by atoms with E-state index in [-0.39, 0.29) is 23.4 Å². The van der Waals surface area contributed by atoms with E-state index in [4.69, 9.17) is 4.74 Å². The highest BCUT2D eigenvalue weighted by Gasteiger charge is 2.36. The average Bonchev–Trinajstić information content (AvgIpc) is 2.88. The molecular formula is C17H16N2O5S. The van der Waals surface area contributed by atoms with Crippen LogP contribution in [0.15, 0.2) is 48.5 Å². The predicted octanol–water partition coefficient (Wildman–Crippen LogP) is 2.01. The second-order valence-electron chi connectivity index (χ2n) is 5.46. The van der Waals surface area contributed by atoms with E-state index in [0.29, 0.717) is 11.4 Å². The van der Waals surface area contributed by atoms with Crippen LogP contribution >= 0.6 is 0 Å². The van der Waals surface area contributed by atoms with E-state index in [1.165, 1.54) is 25.3 Å². The van der Waals surface area contributed by atoms with E-state index in [9.17, 15) is 18.0 Å². The summed E-state index contributed by atoms with van der Waals surface area (Å²) in [7, 11) is -2.14. The molecule has 0 unspecified atom stereocenters. The van der Waals surface area contributed by atoms with Crippen molar-refractivity contribution in [1.82, 2.24) is 0 Å². The molecule has 1 heterocycles. The van der Waals surface area contributed by atoms with Crippen molar-refractivity contribution >= 4 is 33.2 Å². The molecule has 2 aromatic carbocycles. The van der Waals surface area contributed by atoms with Gasteiger partial charge in [0.25, 0.3) is 5.91 Å². The van der Waals surface area contributed by atoms with Gasteiger partial charge in [-0.05, 0) is 30.3 Å². The number of sulfonamides is 1. The van der Waals surface area contributed by atoms with Crippen LogP contribution in [0.5, 0.6) is 5.75 Å². The Hall–Kier alpha value is -2.87. The molecule has 25 heavy (non-hydrogen) atoms. The van der Waals surface area contributed by atoms with Crippen molar-refractivity contribution in [2.24, 2.45) is 0 Å². The van der Waals surface area contributed by atoms with Gasteiger partial charge in [-0.15, -0.1) is 0 Å². The molecule has 3 rings (SSSR count). The molecule has 2 amide bonds. The standard InChI is InChI=1S/C17H16N2O5S/c1-24-15-7-3-5-13(11-15)18-17(21)12-4-2-6-14(10-12)19-16(20)8-9-25(19,22)23/h2-7,10-11H,8-9H2,1H3,(H,18,21). The Balaban J connectivity index is 1.86. The largest absolute Gasteiger partial charge is 0.497 e. The number of carbonyl (C=O) groups is 2. The van der Waals surface area contributed by atoms with E-state index >= 15 is 0 Å². The normalized spacial score (nSPS) is 15.9. The molecule has 1 fully saturated rings. The van der Waals surface area contributed by atoms with Crippen LogP contribution < -0.4 is 14.4 Å². The molecule has 2 aromatic rings. The maximum Gasteiger partial charge on any atom is 0.255 e. The Kier molecular flexibility index (Phi) is 4.45. The van der Waals surface area contributed by atoms with E-state index < -0.39 is 21.8 Å². The predicted molar refractivity (Wildman–Crippen MR) is 93.3 cm³/mol. The van der Waals surface area contributed by atoms with Crippen molar-refractivity contribution in [2.45, 2.75) is 6.42 Å². The summed E-state index contributed by atoms with van der Waals surface area (Å²) >= 11 is 0. The van der Waals surface area contributed by atoms with Crippen molar-refractivity contribution in [3.63, 3.8) is 0 Å². The van der Waals surface area contributed by atoms with Crippen LogP contribution in [0.4, 0.5) is 11.4 Å². The Morgan fingerprint density at radius 1 is 1.16 bits per heavy atom. The molecule has 0 aromatic heterocycles. The molecule has 0 atom stereocenters. The highest BCUT2D eigenvalue weighted by molar-refractivity contribution is 7.94. The topological polar surface area (TPSA) is 92.8 Å². The number of benzene rings is 2. The molecule has 0 radical (unpaired) electrons. The molecule has 130 valence electrons. The number of amides is 2. The lowest BCUT2D eigenvalue weighted by molar-refractivity contribution is -0.116. The molecule has 1 aliphatic rings. The van der Waals surface area contributed by atoms with Gasteiger partial charge in [-0.3, -0.25) is 9.59 Å². The second kappa shape index (κ2) is 6.56. The Bertz CT molecular complexity index is 940. The molecule has 0 aliphatic carbocycles.